The van der Waals surface area contributed by atoms with Crippen LogP contribution in [-0.2, 0) is 6.54 Å². The zero-order valence-corrected chi connectivity index (χ0v) is 17.8. The number of nitrogens with one attached hydrogen (secondary N) is 2. The van der Waals surface area contributed by atoms with Crippen molar-refractivity contribution >= 4 is 40.2 Å². The predicted molar refractivity (Wildman–Crippen MR) is 116 cm³/mol. The van der Waals surface area contributed by atoms with Gasteiger partial charge in [-0.1, -0.05) is 24.8 Å². The van der Waals surface area contributed by atoms with Gasteiger partial charge in [-0.15, -0.1) is 0 Å². The molecule has 3 rings (SSSR count). The van der Waals surface area contributed by atoms with E-state index in [1.54, 1.807) is 29.9 Å². The van der Waals surface area contributed by atoms with Gasteiger partial charge in [-0.2, -0.15) is 5.10 Å². The highest BCUT2D eigenvalue weighted by molar-refractivity contribution is 7.98. The number of aryl methyl sites for hydroxylation is 1. The number of carbonyl (C=O) groups excluding carboxylic acids is 1. The smallest absolute Gasteiger partial charge is 0.273 e. The fraction of sp³-hybridized carbons (Fsp3) is 0.368. The third kappa shape index (κ3) is 4.67. The minimum atomic E-state index is -0.491. The number of nitro groups is 1. The van der Waals surface area contributed by atoms with Gasteiger partial charge < -0.3 is 10.6 Å². The number of rotatable bonds is 9. The maximum atomic E-state index is 12.4. The molecular weight excluding hydrogens is 406 g/mol. The lowest BCUT2D eigenvalue weighted by atomic mass is 10.1. The van der Waals surface area contributed by atoms with Crippen molar-refractivity contribution in [2.75, 3.05) is 24.7 Å². The molecule has 1 amide bonds. The molecule has 2 aromatic heterocycles. The largest absolute Gasteiger partial charge is 0.369 e. The first-order chi connectivity index (χ1) is 14.4. The van der Waals surface area contributed by atoms with Crippen LogP contribution in [0.15, 0.2) is 29.6 Å². The molecule has 0 spiro atoms. The van der Waals surface area contributed by atoms with Crippen LogP contribution in [0.4, 0.5) is 11.5 Å². The summed E-state index contributed by atoms with van der Waals surface area (Å²) in [4.78, 5) is 32.0. The van der Waals surface area contributed by atoms with E-state index in [0.29, 0.717) is 29.5 Å². The lowest BCUT2D eigenvalue weighted by Crippen LogP contribution is -2.27. The second-order valence-corrected chi connectivity index (χ2v) is 7.38. The van der Waals surface area contributed by atoms with E-state index in [-0.39, 0.29) is 17.2 Å². The number of fused-ring (bicyclic) bond motifs is 1. The van der Waals surface area contributed by atoms with E-state index in [9.17, 15) is 14.9 Å². The van der Waals surface area contributed by atoms with Crippen LogP contribution in [-0.4, -0.2) is 49.9 Å². The van der Waals surface area contributed by atoms with Gasteiger partial charge in [-0.3, -0.25) is 14.9 Å². The van der Waals surface area contributed by atoms with E-state index in [0.717, 1.165) is 24.2 Å². The van der Waals surface area contributed by atoms with Crippen LogP contribution >= 0.6 is 11.8 Å². The molecule has 0 atom stereocenters. The summed E-state index contributed by atoms with van der Waals surface area (Å²) in [7, 11) is 0. The van der Waals surface area contributed by atoms with Crippen LogP contribution in [0.25, 0.3) is 11.0 Å². The third-order valence-electron chi connectivity index (χ3n) is 4.48. The number of amides is 1. The van der Waals surface area contributed by atoms with Crippen LogP contribution in [0.3, 0.4) is 0 Å². The molecule has 0 fully saturated rings. The van der Waals surface area contributed by atoms with Crippen LogP contribution in [0.2, 0.25) is 0 Å². The summed E-state index contributed by atoms with van der Waals surface area (Å²) in [5.41, 5.74) is 1.37. The number of carbonyl (C=O) groups is 1. The van der Waals surface area contributed by atoms with Gasteiger partial charge in [-0.25, -0.2) is 14.6 Å². The molecule has 0 aliphatic rings. The molecule has 0 aliphatic carbocycles. The Morgan fingerprint density at radius 1 is 1.30 bits per heavy atom. The summed E-state index contributed by atoms with van der Waals surface area (Å²) in [5.74, 6) is 0.368. The average molecular weight is 430 g/mol. The first-order valence-corrected chi connectivity index (χ1v) is 10.7. The Morgan fingerprint density at radius 3 is 2.80 bits per heavy atom. The zero-order chi connectivity index (χ0) is 21.7. The summed E-state index contributed by atoms with van der Waals surface area (Å²) in [6, 6.07) is 4.43. The van der Waals surface area contributed by atoms with Crippen molar-refractivity contribution in [2.45, 2.75) is 32.0 Å². The topological polar surface area (TPSA) is 128 Å². The Morgan fingerprint density at radius 2 is 2.10 bits per heavy atom. The summed E-state index contributed by atoms with van der Waals surface area (Å²) < 4.78 is 1.71. The van der Waals surface area contributed by atoms with Gasteiger partial charge in [0.05, 0.1) is 23.1 Å². The van der Waals surface area contributed by atoms with Crippen molar-refractivity contribution in [3.05, 3.63) is 45.6 Å². The fourth-order valence-corrected chi connectivity index (χ4v) is 3.25. The number of thioether (sulfide) groups is 1. The van der Waals surface area contributed by atoms with Crippen molar-refractivity contribution in [1.29, 1.82) is 0 Å². The molecule has 3 aromatic rings. The van der Waals surface area contributed by atoms with Crippen molar-refractivity contribution in [3.63, 3.8) is 0 Å². The Kier molecular flexibility index (Phi) is 6.83. The minimum Gasteiger partial charge on any atom is -0.369 e. The molecule has 2 heterocycles. The van der Waals surface area contributed by atoms with Crippen molar-refractivity contribution in [1.82, 2.24) is 25.1 Å². The van der Waals surface area contributed by atoms with Crippen LogP contribution in [0.5, 0.6) is 0 Å². The number of benzene rings is 1. The Hall–Kier alpha value is -3.21. The van der Waals surface area contributed by atoms with E-state index < -0.39 is 4.92 Å². The average Bonchev–Trinajstić information content (AvgIpc) is 3.14. The maximum absolute atomic E-state index is 12.4. The Bertz CT molecular complexity index is 1080. The van der Waals surface area contributed by atoms with Crippen LogP contribution in [0, 0.1) is 17.0 Å². The molecule has 0 unspecified atom stereocenters. The number of nitrogens with zero attached hydrogens (tertiary/aromatic N) is 5. The molecule has 0 saturated carbocycles. The van der Waals surface area contributed by atoms with Gasteiger partial charge >= 0.3 is 0 Å². The lowest BCUT2D eigenvalue weighted by molar-refractivity contribution is -0.385. The van der Waals surface area contributed by atoms with Gasteiger partial charge in [0.15, 0.2) is 10.8 Å². The molecule has 2 N–H and O–H groups in total. The van der Waals surface area contributed by atoms with Gasteiger partial charge in [0.1, 0.15) is 5.82 Å². The normalized spacial score (nSPS) is 10.9. The van der Waals surface area contributed by atoms with Gasteiger partial charge in [0.25, 0.3) is 11.6 Å². The van der Waals surface area contributed by atoms with E-state index in [2.05, 4.69) is 32.6 Å². The number of hydrogen-bond acceptors (Lipinski definition) is 8. The van der Waals surface area contributed by atoms with Gasteiger partial charge in [0.2, 0.25) is 0 Å². The molecule has 1 aromatic carbocycles. The van der Waals surface area contributed by atoms with Gasteiger partial charge in [0, 0.05) is 30.3 Å². The number of hydrogen-bond donors (Lipinski definition) is 2. The molecule has 158 valence electrons. The fourth-order valence-electron chi connectivity index (χ4n) is 2.89. The highest BCUT2D eigenvalue weighted by Crippen LogP contribution is 2.23. The standard InChI is InChI=1S/C19H23N7O3S/c1-4-7-20-16-14-11-22-25(17(14)24-19(23-16)30-3)9-8-21-18(27)13-6-5-12(2)15(10-13)26(28)29/h5-6,10-11H,4,7-9H2,1-3H3,(H,21,27)(H,20,23,24). The quantitative estimate of drug-likeness (QED) is 0.230. The summed E-state index contributed by atoms with van der Waals surface area (Å²) in [5, 5.41) is 23.0. The van der Waals surface area contributed by atoms with Crippen molar-refractivity contribution < 1.29 is 9.72 Å². The van der Waals surface area contributed by atoms with Crippen LogP contribution in [0.1, 0.15) is 29.3 Å². The summed E-state index contributed by atoms with van der Waals surface area (Å²) >= 11 is 1.45. The van der Waals surface area contributed by atoms with Crippen molar-refractivity contribution in [3.8, 4) is 0 Å². The SMILES string of the molecule is CCCNc1nc(SC)nc2c1cnn2CCNC(=O)c1ccc(C)c([N+](=O)[O-])c1. The second kappa shape index (κ2) is 9.53. The molecule has 0 radical (unpaired) electrons. The van der Waals surface area contributed by atoms with Crippen LogP contribution < -0.4 is 10.6 Å². The van der Waals surface area contributed by atoms with E-state index in [1.807, 2.05) is 6.26 Å². The second-order valence-electron chi connectivity index (χ2n) is 6.60. The van der Waals surface area contributed by atoms with Crippen molar-refractivity contribution in [2.24, 2.45) is 0 Å². The third-order valence-corrected chi connectivity index (χ3v) is 5.03. The van der Waals surface area contributed by atoms with E-state index in [1.165, 1.54) is 17.8 Å². The Labute approximate surface area is 177 Å². The number of nitro benzene ring substituents is 1. The highest BCUT2D eigenvalue weighted by atomic mass is 32.2. The highest BCUT2D eigenvalue weighted by Gasteiger charge is 2.16. The number of aromatic nitrogens is 4. The summed E-state index contributed by atoms with van der Waals surface area (Å²) in [6.07, 6.45) is 4.59. The first kappa shape index (κ1) is 21.5. The van der Waals surface area contributed by atoms with E-state index in [4.69, 9.17) is 0 Å². The molecule has 10 nitrogen and oxygen atoms in total. The molecule has 0 bridgehead atoms. The first-order valence-electron chi connectivity index (χ1n) is 9.49. The Balaban J connectivity index is 1.72. The predicted octanol–water partition coefficient (Wildman–Crippen LogP) is 3.02. The minimum absolute atomic E-state index is 0.0749. The molecule has 30 heavy (non-hydrogen) atoms. The van der Waals surface area contributed by atoms with Gasteiger partial charge in [-0.05, 0) is 25.7 Å². The molecule has 11 heteroatoms. The molecule has 0 saturated heterocycles. The zero-order valence-electron chi connectivity index (χ0n) is 17.0. The van der Waals surface area contributed by atoms with E-state index >= 15 is 0 Å². The maximum Gasteiger partial charge on any atom is 0.273 e. The summed E-state index contributed by atoms with van der Waals surface area (Å²) in [6.45, 7) is 5.21. The molecule has 0 aliphatic heterocycles. The number of anilines is 1. The lowest BCUT2D eigenvalue weighted by Gasteiger charge is -2.09. The monoisotopic (exact) mass is 429 g/mol. The molecular formula is C19H23N7O3S.